The minimum absolute atomic E-state index is 0.181. The van der Waals surface area contributed by atoms with Crippen molar-refractivity contribution in [3.63, 3.8) is 0 Å². The van der Waals surface area contributed by atoms with Crippen LogP contribution in [-0.4, -0.2) is 46.4 Å². The minimum Gasteiger partial charge on any atom is -0.465 e. The molecule has 0 spiro atoms. The van der Waals surface area contributed by atoms with Crippen molar-refractivity contribution in [1.82, 2.24) is 33.9 Å². The second-order valence-electron chi connectivity index (χ2n) is 7.60. The molecule has 0 N–H and O–H groups in total. The van der Waals surface area contributed by atoms with Crippen LogP contribution in [0.3, 0.4) is 0 Å². The Hall–Kier alpha value is -4.34. The second-order valence-corrected chi connectivity index (χ2v) is 7.60. The minimum atomic E-state index is -0.473. The van der Waals surface area contributed by atoms with E-state index in [0.29, 0.717) is 22.5 Å². The zero-order chi connectivity index (χ0) is 23.1. The summed E-state index contributed by atoms with van der Waals surface area (Å²) in [4.78, 5) is 38.8. The van der Waals surface area contributed by atoms with Crippen LogP contribution in [0, 0.1) is 6.92 Å². The van der Waals surface area contributed by atoms with Crippen LogP contribution in [-0.2, 0) is 23.1 Å². The van der Waals surface area contributed by atoms with E-state index in [2.05, 4.69) is 20.1 Å². The standard InChI is InChI=1S/C23H21N7O3/c1-4-33-21(31)13-29-18-7-5-6-14(2)22(18)30(23(29)32)20-12-25-17(10-26-20)15-8-24-11-19-16(15)9-27-28(19)3/h5-12H,4,13H2,1-3H3. The lowest BCUT2D eigenvalue weighted by atomic mass is 10.1. The van der Waals surface area contributed by atoms with Gasteiger partial charge in [0, 0.05) is 24.2 Å². The van der Waals surface area contributed by atoms with Crippen LogP contribution in [0.25, 0.3) is 39.0 Å². The van der Waals surface area contributed by atoms with E-state index in [1.807, 2.05) is 26.1 Å². The highest BCUT2D eigenvalue weighted by Crippen LogP contribution is 2.26. The summed E-state index contributed by atoms with van der Waals surface area (Å²) >= 11 is 0. The number of esters is 1. The van der Waals surface area contributed by atoms with Crippen molar-refractivity contribution >= 4 is 27.9 Å². The molecule has 0 radical (unpaired) electrons. The van der Waals surface area contributed by atoms with E-state index >= 15 is 0 Å². The Labute approximate surface area is 188 Å². The molecular weight excluding hydrogens is 422 g/mol. The van der Waals surface area contributed by atoms with Gasteiger partial charge in [-0.05, 0) is 25.5 Å². The molecule has 0 atom stereocenters. The zero-order valence-corrected chi connectivity index (χ0v) is 18.4. The quantitative estimate of drug-likeness (QED) is 0.384. The number of nitrogens with zero attached hydrogens (tertiary/aromatic N) is 7. The largest absolute Gasteiger partial charge is 0.465 e. The van der Waals surface area contributed by atoms with Gasteiger partial charge in [-0.1, -0.05) is 12.1 Å². The Morgan fingerprint density at radius 1 is 1.06 bits per heavy atom. The van der Waals surface area contributed by atoms with Crippen molar-refractivity contribution in [1.29, 1.82) is 0 Å². The first-order chi connectivity index (χ1) is 16.0. The Morgan fingerprint density at radius 2 is 1.91 bits per heavy atom. The van der Waals surface area contributed by atoms with Gasteiger partial charge in [0.25, 0.3) is 0 Å². The van der Waals surface area contributed by atoms with Gasteiger partial charge in [-0.2, -0.15) is 5.10 Å². The number of para-hydroxylation sites is 1. The lowest BCUT2D eigenvalue weighted by Gasteiger charge is -2.06. The average molecular weight is 443 g/mol. The fourth-order valence-corrected chi connectivity index (χ4v) is 4.01. The number of aryl methyl sites for hydroxylation is 2. The van der Waals surface area contributed by atoms with E-state index in [4.69, 9.17) is 4.74 Å². The molecule has 0 bridgehead atoms. The number of hydrogen-bond donors (Lipinski definition) is 0. The van der Waals surface area contributed by atoms with Gasteiger partial charge >= 0.3 is 11.7 Å². The van der Waals surface area contributed by atoms with Crippen LogP contribution in [0.15, 0.2) is 54.0 Å². The highest BCUT2D eigenvalue weighted by molar-refractivity contribution is 5.92. The normalized spacial score (nSPS) is 11.4. The Bertz CT molecular complexity index is 1560. The van der Waals surface area contributed by atoms with Crippen LogP contribution in [0.4, 0.5) is 0 Å². The number of ether oxygens (including phenoxy) is 1. The Balaban J connectivity index is 1.63. The van der Waals surface area contributed by atoms with E-state index in [-0.39, 0.29) is 18.8 Å². The van der Waals surface area contributed by atoms with Crippen molar-refractivity contribution in [2.75, 3.05) is 6.61 Å². The molecule has 0 aliphatic carbocycles. The Morgan fingerprint density at radius 3 is 2.67 bits per heavy atom. The number of aromatic nitrogens is 7. The maximum absolute atomic E-state index is 13.3. The van der Waals surface area contributed by atoms with Gasteiger partial charge in [0.2, 0.25) is 0 Å². The smallest absolute Gasteiger partial charge is 0.335 e. The third kappa shape index (κ3) is 3.36. The van der Waals surface area contributed by atoms with E-state index in [1.54, 1.807) is 48.7 Å². The highest BCUT2D eigenvalue weighted by atomic mass is 16.5. The Kier molecular flexibility index (Phi) is 4.97. The number of carbonyl (C=O) groups is 1. The first kappa shape index (κ1) is 20.6. The number of hydrogen-bond acceptors (Lipinski definition) is 7. The molecule has 4 aromatic heterocycles. The third-order valence-corrected chi connectivity index (χ3v) is 5.56. The molecule has 0 saturated heterocycles. The molecule has 10 nitrogen and oxygen atoms in total. The van der Waals surface area contributed by atoms with Crippen LogP contribution in [0.1, 0.15) is 12.5 Å². The monoisotopic (exact) mass is 443 g/mol. The van der Waals surface area contributed by atoms with Crippen LogP contribution in [0.5, 0.6) is 0 Å². The van der Waals surface area contributed by atoms with Crippen molar-refractivity contribution in [3.05, 3.63) is 65.2 Å². The summed E-state index contributed by atoms with van der Waals surface area (Å²) in [5.41, 5.74) is 4.09. The summed E-state index contributed by atoms with van der Waals surface area (Å²) in [5, 5.41) is 5.20. The summed E-state index contributed by atoms with van der Waals surface area (Å²) < 4.78 is 9.67. The van der Waals surface area contributed by atoms with Gasteiger partial charge < -0.3 is 4.74 Å². The van der Waals surface area contributed by atoms with Gasteiger partial charge in [-0.25, -0.2) is 14.3 Å². The molecular formula is C23H21N7O3. The summed E-state index contributed by atoms with van der Waals surface area (Å²) in [6.45, 7) is 3.70. The molecule has 0 saturated carbocycles. The summed E-state index contributed by atoms with van der Waals surface area (Å²) in [5.74, 6) is -0.115. The second kappa shape index (κ2) is 7.97. The van der Waals surface area contributed by atoms with E-state index in [1.165, 1.54) is 9.13 Å². The molecule has 166 valence electrons. The molecule has 0 fully saturated rings. The van der Waals surface area contributed by atoms with E-state index < -0.39 is 5.97 Å². The van der Waals surface area contributed by atoms with Crippen molar-refractivity contribution in [2.24, 2.45) is 7.05 Å². The van der Waals surface area contributed by atoms with Crippen molar-refractivity contribution < 1.29 is 9.53 Å². The van der Waals surface area contributed by atoms with Gasteiger partial charge in [-0.15, -0.1) is 0 Å². The fourth-order valence-electron chi connectivity index (χ4n) is 4.01. The number of pyridine rings is 1. The third-order valence-electron chi connectivity index (χ3n) is 5.56. The topological polar surface area (TPSA) is 110 Å². The average Bonchev–Trinajstić information content (AvgIpc) is 3.33. The van der Waals surface area contributed by atoms with E-state index in [0.717, 1.165) is 22.0 Å². The molecule has 0 amide bonds. The van der Waals surface area contributed by atoms with Crippen LogP contribution < -0.4 is 5.69 Å². The fraction of sp³-hybridized carbons (Fsp3) is 0.217. The SMILES string of the molecule is CCOC(=O)Cn1c(=O)n(-c2cnc(-c3cncc4c3cnn4C)cn2)c2c(C)cccc21. The molecule has 4 heterocycles. The van der Waals surface area contributed by atoms with Gasteiger partial charge in [0.1, 0.15) is 6.54 Å². The number of rotatable bonds is 5. The molecule has 0 aliphatic heterocycles. The van der Waals surface area contributed by atoms with Crippen LogP contribution >= 0.6 is 0 Å². The molecule has 1 aromatic carbocycles. The molecule has 10 heteroatoms. The summed E-state index contributed by atoms with van der Waals surface area (Å²) in [6.07, 6.45) is 8.38. The van der Waals surface area contributed by atoms with Crippen molar-refractivity contribution in [2.45, 2.75) is 20.4 Å². The first-order valence-electron chi connectivity index (χ1n) is 10.4. The van der Waals surface area contributed by atoms with Crippen molar-refractivity contribution in [3.8, 4) is 17.1 Å². The molecule has 0 aliphatic rings. The number of imidazole rings is 1. The summed E-state index contributed by atoms with van der Waals surface area (Å²) in [6, 6.07) is 5.55. The maximum atomic E-state index is 13.3. The van der Waals surface area contributed by atoms with Crippen LogP contribution in [0.2, 0.25) is 0 Å². The number of fused-ring (bicyclic) bond motifs is 2. The molecule has 33 heavy (non-hydrogen) atoms. The predicted octanol–water partition coefficient (Wildman–Crippen LogP) is 2.40. The summed E-state index contributed by atoms with van der Waals surface area (Å²) in [7, 11) is 1.85. The number of benzene rings is 1. The molecule has 5 aromatic rings. The van der Waals surface area contributed by atoms with E-state index in [9.17, 15) is 9.59 Å². The van der Waals surface area contributed by atoms with Gasteiger partial charge in [-0.3, -0.25) is 24.0 Å². The maximum Gasteiger partial charge on any atom is 0.335 e. The predicted molar refractivity (Wildman–Crippen MR) is 122 cm³/mol. The number of carbonyl (C=O) groups excluding carboxylic acids is 1. The highest BCUT2D eigenvalue weighted by Gasteiger charge is 2.20. The first-order valence-corrected chi connectivity index (χ1v) is 10.4. The lowest BCUT2D eigenvalue weighted by molar-refractivity contribution is -0.143. The van der Waals surface area contributed by atoms with Gasteiger partial charge in [0.05, 0.1) is 53.6 Å². The lowest BCUT2D eigenvalue weighted by Crippen LogP contribution is -2.27. The molecule has 5 rings (SSSR count). The van der Waals surface area contributed by atoms with Gasteiger partial charge in [0.15, 0.2) is 5.82 Å². The molecule has 0 unspecified atom stereocenters. The zero-order valence-electron chi connectivity index (χ0n) is 18.4.